The van der Waals surface area contributed by atoms with Gasteiger partial charge in [-0.15, -0.1) is 0 Å². The lowest BCUT2D eigenvalue weighted by atomic mass is 9.82. The number of para-hydroxylation sites is 1. The van der Waals surface area contributed by atoms with Crippen LogP contribution < -0.4 is 4.90 Å². The molecule has 0 unspecified atom stereocenters. The fourth-order valence-electron chi connectivity index (χ4n) is 3.69. The van der Waals surface area contributed by atoms with E-state index in [9.17, 15) is 9.90 Å². The fraction of sp³-hybridized carbons (Fsp3) is 0.611. The minimum atomic E-state index is -0.789. The molecule has 1 heterocycles. The summed E-state index contributed by atoms with van der Waals surface area (Å²) >= 11 is 0. The Balaban J connectivity index is 1.79. The lowest BCUT2D eigenvalue weighted by Gasteiger charge is -2.33. The van der Waals surface area contributed by atoms with Crippen LogP contribution in [0, 0.1) is 0 Å². The molecule has 2 aliphatic rings. The fourth-order valence-corrected chi connectivity index (χ4v) is 3.69. The van der Waals surface area contributed by atoms with Crippen molar-refractivity contribution in [3.05, 3.63) is 29.8 Å². The summed E-state index contributed by atoms with van der Waals surface area (Å²) < 4.78 is 0. The van der Waals surface area contributed by atoms with Gasteiger partial charge in [0.1, 0.15) is 0 Å². The third-order valence-electron chi connectivity index (χ3n) is 4.99. The number of carbonyl (C=O) groups is 1. The molecule has 120 valence electrons. The first-order chi connectivity index (χ1) is 10.6. The van der Waals surface area contributed by atoms with Crippen LogP contribution >= 0.6 is 0 Å². The number of fused-ring (bicyclic) bond motifs is 1. The maximum absolute atomic E-state index is 12.8. The number of hydrogen-bond acceptors (Lipinski definition) is 3. The summed E-state index contributed by atoms with van der Waals surface area (Å²) in [4.78, 5) is 17.0. The van der Waals surface area contributed by atoms with Gasteiger partial charge < -0.3 is 14.9 Å². The number of aliphatic hydroxyl groups is 1. The van der Waals surface area contributed by atoms with E-state index in [0.717, 1.165) is 44.5 Å². The predicted molar refractivity (Wildman–Crippen MR) is 87.8 cm³/mol. The lowest BCUT2D eigenvalue weighted by molar-refractivity contribution is -0.124. The van der Waals surface area contributed by atoms with Gasteiger partial charge in [0, 0.05) is 25.3 Å². The Morgan fingerprint density at radius 3 is 2.68 bits per heavy atom. The molecule has 0 bridgehead atoms. The van der Waals surface area contributed by atoms with E-state index in [-0.39, 0.29) is 12.3 Å². The molecule has 1 aliphatic carbocycles. The summed E-state index contributed by atoms with van der Waals surface area (Å²) in [6.45, 7) is 2.42. The molecule has 1 aliphatic heterocycles. The minimum absolute atomic E-state index is 0.0622. The first kappa shape index (κ1) is 15.5. The van der Waals surface area contributed by atoms with Gasteiger partial charge in [0.2, 0.25) is 5.91 Å². The SMILES string of the molecule is CN1CCN(C(=O)CC2(O)CCCCC2)c2ccccc2C1. The van der Waals surface area contributed by atoms with Crippen LogP contribution in [0.15, 0.2) is 24.3 Å². The van der Waals surface area contributed by atoms with Crippen molar-refractivity contribution in [1.82, 2.24) is 4.90 Å². The summed E-state index contributed by atoms with van der Waals surface area (Å²) in [6.07, 6.45) is 5.01. The van der Waals surface area contributed by atoms with E-state index in [0.29, 0.717) is 6.54 Å². The molecule has 4 heteroatoms. The van der Waals surface area contributed by atoms with Crippen LogP contribution in [-0.2, 0) is 11.3 Å². The first-order valence-corrected chi connectivity index (χ1v) is 8.37. The Morgan fingerprint density at radius 1 is 1.18 bits per heavy atom. The van der Waals surface area contributed by atoms with Crippen molar-refractivity contribution in [1.29, 1.82) is 0 Å². The van der Waals surface area contributed by atoms with Crippen LogP contribution in [0.1, 0.15) is 44.1 Å². The van der Waals surface area contributed by atoms with E-state index in [1.807, 2.05) is 23.1 Å². The summed E-state index contributed by atoms with van der Waals surface area (Å²) in [6, 6.07) is 8.12. The molecule has 1 N–H and O–H groups in total. The minimum Gasteiger partial charge on any atom is -0.389 e. The second-order valence-electron chi connectivity index (χ2n) is 6.87. The molecule has 0 aromatic heterocycles. The van der Waals surface area contributed by atoms with Crippen LogP contribution in [-0.4, -0.2) is 41.7 Å². The molecule has 1 saturated carbocycles. The number of hydrogen-bond donors (Lipinski definition) is 1. The number of likely N-dealkylation sites (N-methyl/N-ethyl adjacent to an activating group) is 1. The molecule has 1 fully saturated rings. The highest BCUT2D eigenvalue weighted by molar-refractivity contribution is 5.94. The smallest absolute Gasteiger partial charge is 0.229 e. The number of rotatable bonds is 2. The molecular weight excluding hydrogens is 276 g/mol. The van der Waals surface area contributed by atoms with Crippen molar-refractivity contribution in [2.45, 2.75) is 50.7 Å². The Labute approximate surface area is 132 Å². The molecule has 1 aromatic carbocycles. The maximum atomic E-state index is 12.8. The molecule has 3 rings (SSSR count). The van der Waals surface area contributed by atoms with Crippen LogP contribution in [0.4, 0.5) is 5.69 Å². The quantitative estimate of drug-likeness (QED) is 0.913. The lowest BCUT2D eigenvalue weighted by Crippen LogP contribution is -2.42. The number of benzene rings is 1. The van der Waals surface area contributed by atoms with Gasteiger partial charge >= 0.3 is 0 Å². The topological polar surface area (TPSA) is 43.8 Å². The van der Waals surface area contributed by atoms with E-state index < -0.39 is 5.60 Å². The zero-order valence-corrected chi connectivity index (χ0v) is 13.4. The van der Waals surface area contributed by atoms with E-state index in [2.05, 4.69) is 18.0 Å². The van der Waals surface area contributed by atoms with Gasteiger partial charge in [-0.05, 0) is 31.5 Å². The van der Waals surface area contributed by atoms with Crippen molar-refractivity contribution >= 4 is 11.6 Å². The van der Waals surface area contributed by atoms with Gasteiger partial charge in [-0.2, -0.15) is 0 Å². The summed E-state index contributed by atoms with van der Waals surface area (Å²) in [5.41, 5.74) is 1.41. The van der Waals surface area contributed by atoms with E-state index in [4.69, 9.17) is 0 Å². The summed E-state index contributed by atoms with van der Waals surface area (Å²) in [5.74, 6) is 0.0622. The molecular formula is C18H26N2O2. The molecule has 22 heavy (non-hydrogen) atoms. The molecule has 1 amide bonds. The monoisotopic (exact) mass is 302 g/mol. The molecule has 4 nitrogen and oxygen atoms in total. The Bertz CT molecular complexity index is 538. The average Bonchev–Trinajstić information content (AvgIpc) is 2.65. The number of carbonyl (C=O) groups excluding carboxylic acids is 1. The van der Waals surface area contributed by atoms with Crippen molar-refractivity contribution in [2.24, 2.45) is 0 Å². The molecule has 0 radical (unpaired) electrons. The highest BCUT2D eigenvalue weighted by Crippen LogP contribution is 2.33. The molecule has 1 aromatic rings. The van der Waals surface area contributed by atoms with Crippen LogP contribution in [0.2, 0.25) is 0 Å². The number of amides is 1. The predicted octanol–water partition coefficient (Wildman–Crippen LogP) is 2.55. The molecule has 0 saturated heterocycles. The second kappa shape index (κ2) is 6.39. The average molecular weight is 302 g/mol. The zero-order chi connectivity index (χ0) is 15.6. The normalized spacial score (nSPS) is 22.0. The van der Waals surface area contributed by atoms with E-state index >= 15 is 0 Å². The van der Waals surface area contributed by atoms with Crippen molar-refractivity contribution in [3.63, 3.8) is 0 Å². The largest absolute Gasteiger partial charge is 0.389 e. The standard InChI is InChI=1S/C18H26N2O2/c1-19-11-12-20(16-8-4-3-7-15(16)14-19)17(21)13-18(22)9-5-2-6-10-18/h3-4,7-8,22H,2,5-6,9-14H2,1H3. The van der Waals surface area contributed by atoms with Gasteiger partial charge in [0.05, 0.1) is 12.0 Å². The van der Waals surface area contributed by atoms with Gasteiger partial charge in [0.15, 0.2) is 0 Å². The third kappa shape index (κ3) is 3.33. The van der Waals surface area contributed by atoms with Crippen molar-refractivity contribution in [3.8, 4) is 0 Å². The number of anilines is 1. The highest BCUT2D eigenvalue weighted by atomic mass is 16.3. The van der Waals surface area contributed by atoms with E-state index in [1.54, 1.807) is 0 Å². The summed E-state index contributed by atoms with van der Waals surface area (Å²) in [7, 11) is 2.08. The summed E-state index contributed by atoms with van der Waals surface area (Å²) in [5, 5.41) is 10.7. The van der Waals surface area contributed by atoms with E-state index in [1.165, 1.54) is 12.0 Å². The molecule has 0 spiro atoms. The van der Waals surface area contributed by atoms with Gasteiger partial charge in [0.25, 0.3) is 0 Å². The third-order valence-corrected chi connectivity index (χ3v) is 4.99. The van der Waals surface area contributed by atoms with Crippen molar-refractivity contribution < 1.29 is 9.90 Å². The van der Waals surface area contributed by atoms with Gasteiger partial charge in [-0.25, -0.2) is 0 Å². The van der Waals surface area contributed by atoms with Gasteiger partial charge in [-0.1, -0.05) is 37.5 Å². The van der Waals surface area contributed by atoms with Gasteiger partial charge in [-0.3, -0.25) is 4.79 Å². The number of nitrogens with zero attached hydrogens (tertiary/aromatic N) is 2. The Morgan fingerprint density at radius 2 is 1.91 bits per heavy atom. The molecule has 0 atom stereocenters. The second-order valence-corrected chi connectivity index (χ2v) is 6.87. The van der Waals surface area contributed by atoms with Crippen LogP contribution in [0.25, 0.3) is 0 Å². The zero-order valence-electron chi connectivity index (χ0n) is 13.4. The first-order valence-electron chi connectivity index (χ1n) is 8.37. The highest BCUT2D eigenvalue weighted by Gasteiger charge is 2.34. The Kier molecular flexibility index (Phi) is 4.50. The van der Waals surface area contributed by atoms with Crippen LogP contribution in [0.5, 0.6) is 0 Å². The van der Waals surface area contributed by atoms with Crippen LogP contribution in [0.3, 0.4) is 0 Å². The Hall–Kier alpha value is -1.39. The van der Waals surface area contributed by atoms with Crippen molar-refractivity contribution in [2.75, 3.05) is 25.0 Å². The maximum Gasteiger partial charge on any atom is 0.229 e.